The van der Waals surface area contributed by atoms with E-state index in [9.17, 15) is 14.0 Å². The van der Waals surface area contributed by atoms with Gasteiger partial charge in [0.05, 0.1) is 17.6 Å². The minimum absolute atomic E-state index is 0.0108. The first-order chi connectivity index (χ1) is 8.99. The van der Waals surface area contributed by atoms with Gasteiger partial charge in [-0.2, -0.15) is 0 Å². The first-order valence-corrected chi connectivity index (χ1v) is 6.37. The van der Waals surface area contributed by atoms with E-state index in [2.05, 4.69) is 15.9 Å². The third-order valence-electron chi connectivity index (χ3n) is 2.80. The highest BCUT2D eigenvalue weighted by molar-refractivity contribution is 9.10. The number of carbonyl (C=O) groups excluding carboxylic acids is 1. The van der Waals surface area contributed by atoms with Crippen LogP contribution in [0.5, 0.6) is 0 Å². The Kier molecular flexibility index (Phi) is 4.16. The molecule has 102 valence electrons. The number of benzene rings is 1. The van der Waals surface area contributed by atoms with Crippen molar-refractivity contribution in [1.29, 1.82) is 0 Å². The molecule has 1 aromatic rings. The fraction of sp³-hybridized carbons (Fsp3) is 0.333. The molecule has 1 saturated heterocycles. The molecule has 7 heteroatoms. The number of nitrogens with zero attached hydrogens (tertiary/aromatic N) is 1. The lowest BCUT2D eigenvalue weighted by atomic mass is 10.1. The van der Waals surface area contributed by atoms with E-state index in [1.807, 2.05) is 0 Å². The zero-order valence-electron chi connectivity index (χ0n) is 9.81. The number of carbonyl (C=O) groups is 2. The second-order valence-electron chi connectivity index (χ2n) is 4.08. The van der Waals surface area contributed by atoms with Crippen molar-refractivity contribution < 1.29 is 23.8 Å². The lowest BCUT2D eigenvalue weighted by Gasteiger charge is -2.30. The van der Waals surface area contributed by atoms with E-state index < -0.39 is 17.9 Å². The molecule has 0 bridgehead atoms. The number of morpholine rings is 1. The lowest BCUT2D eigenvalue weighted by molar-refractivity contribution is -0.154. The third-order valence-corrected chi connectivity index (χ3v) is 3.40. The largest absolute Gasteiger partial charge is 0.479 e. The van der Waals surface area contributed by atoms with Crippen molar-refractivity contribution in [2.45, 2.75) is 6.10 Å². The maximum atomic E-state index is 13.1. The van der Waals surface area contributed by atoms with Crippen LogP contribution in [-0.4, -0.2) is 47.7 Å². The molecule has 1 N–H and O–H groups in total. The highest BCUT2D eigenvalue weighted by Crippen LogP contribution is 2.19. The van der Waals surface area contributed by atoms with Gasteiger partial charge in [0.25, 0.3) is 5.91 Å². The van der Waals surface area contributed by atoms with Crippen molar-refractivity contribution >= 4 is 27.8 Å². The number of ether oxygens (including phenoxy) is 1. The molecule has 1 atom stereocenters. The van der Waals surface area contributed by atoms with Crippen molar-refractivity contribution in [2.75, 3.05) is 19.7 Å². The van der Waals surface area contributed by atoms with E-state index in [0.717, 1.165) is 0 Å². The summed E-state index contributed by atoms with van der Waals surface area (Å²) in [6.45, 7) is 0.478. The Bertz CT molecular complexity index is 522. The zero-order valence-corrected chi connectivity index (χ0v) is 11.4. The summed E-state index contributed by atoms with van der Waals surface area (Å²) in [5.41, 5.74) is 0.305. The predicted octanol–water partition coefficient (Wildman–Crippen LogP) is 1.51. The molecule has 2 rings (SSSR count). The van der Waals surface area contributed by atoms with Crippen LogP contribution in [0.4, 0.5) is 4.39 Å². The van der Waals surface area contributed by atoms with E-state index in [1.54, 1.807) is 0 Å². The number of carboxylic acids is 1. The topological polar surface area (TPSA) is 66.8 Å². The number of halogens is 2. The highest BCUT2D eigenvalue weighted by Gasteiger charge is 2.29. The van der Waals surface area contributed by atoms with Gasteiger partial charge in [-0.3, -0.25) is 4.79 Å². The predicted molar refractivity (Wildman–Crippen MR) is 67.4 cm³/mol. The summed E-state index contributed by atoms with van der Waals surface area (Å²) in [5, 5.41) is 8.87. The van der Waals surface area contributed by atoms with Crippen molar-refractivity contribution in [3.63, 3.8) is 0 Å². The monoisotopic (exact) mass is 331 g/mol. The number of hydrogen-bond donors (Lipinski definition) is 1. The van der Waals surface area contributed by atoms with Gasteiger partial charge in [-0.15, -0.1) is 0 Å². The number of hydrogen-bond acceptors (Lipinski definition) is 3. The molecule has 0 spiro atoms. The number of amides is 1. The van der Waals surface area contributed by atoms with Gasteiger partial charge >= 0.3 is 5.97 Å². The van der Waals surface area contributed by atoms with E-state index in [0.29, 0.717) is 12.1 Å². The lowest BCUT2D eigenvalue weighted by Crippen LogP contribution is -2.48. The Morgan fingerprint density at radius 2 is 2.21 bits per heavy atom. The second-order valence-corrected chi connectivity index (χ2v) is 4.93. The summed E-state index contributed by atoms with van der Waals surface area (Å²) in [7, 11) is 0. The molecule has 5 nitrogen and oxygen atoms in total. The Morgan fingerprint density at radius 3 is 2.84 bits per heavy atom. The average molecular weight is 332 g/mol. The number of rotatable bonds is 2. The van der Waals surface area contributed by atoms with Gasteiger partial charge in [0.2, 0.25) is 0 Å². The van der Waals surface area contributed by atoms with Crippen LogP contribution in [0, 0.1) is 5.82 Å². The van der Waals surface area contributed by atoms with Crippen LogP contribution >= 0.6 is 15.9 Å². The maximum Gasteiger partial charge on any atom is 0.334 e. The molecule has 1 amide bonds. The molecule has 1 aliphatic heterocycles. The van der Waals surface area contributed by atoms with Crippen LogP contribution in [0.1, 0.15) is 10.4 Å². The Balaban J connectivity index is 2.14. The van der Waals surface area contributed by atoms with Crippen molar-refractivity contribution in [1.82, 2.24) is 4.90 Å². The maximum absolute atomic E-state index is 13.1. The quantitative estimate of drug-likeness (QED) is 0.892. The summed E-state index contributed by atoms with van der Waals surface area (Å²) >= 11 is 3.01. The van der Waals surface area contributed by atoms with Gasteiger partial charge in [-0.05, 0) is 34.1 Å². The highest BCUT2D eigenvalue weighted by atomic mass is 79.9. The van der Waals surface area contributed by atoms with Gasteiger partial charge < -0.3 is 14.7 Å². The summed E-state index contributed by atoms with van der Waals surface area (Å²) in [6, 6.07) is 3.93. The van der Waals surface area contributed by atoms with Crippen LogP contribution in [0.15, 0.2) is 22.7 Å². The third kappa shape index (κ3) is 3.10. The fourth-order valence-corrected chi connectivity index (χ4v) is 2.17. The first-order valence-electron chi connectivity index (χ1n) is 5.58. The molecule has 1 aromatic carbocycles. The average Bonchev–Trinajstić information content (AvgIpc) is 2.41. The molecule has 0 radical (unpaired) electrons. The SMILES string of the molecule is O=C(O)C1CN(C(=O)c2ccc(F)c(Br)c2)CCO1. The zero-order chi connectivity index (χ0) is 14.0. The van der Waals surface area contributed by atoms with Crippen molar-refractivity contribution in [3.8, 4) is 0 Å². The van der Waals surface area contributed by atoms with Crippen LogP contribution in [-0.2, 0) is 9.53 Å². The Morgan fingerprint density at radius 1 is 1.47 bits per heavy atom. The number of carboxylic acid groups (broad SMARTS) is 1. The molecule has 0 saturated carbocycles. The van der Waals surface area contributed by atoms with E-state index in [1.165, 1.54) is 23.1 Å². The summed E-state index contributed by atoms with van der Waals surface area (Å²) < 4.78 is 18.3. The molecule has 19 heavy (non-hydrogen) atoms. The second kappa shape index (κ2) is 5.66. The molecule has 1 unspecified atom stereocenters. The molecule has 0 aliphatic carbocycles. The van der Waals surface area contributed by atoms with Gasteiger partial charge in [-0.1, -0.05) is 0 Å². The van der Waals surface area contributed by atoms with Crippen molar-refractivity contribution in [2.24, 2.45) is 0 Å². The molecule has 0 aromatic heterocycles. The van der Waals surface area contributed by atoms with Crippen molar-refractivity contribution in [3.05, 3.63) is 34.1 Å². The minimum atomic E-state index is -1.10. The van der Waals surface area contributed by atoms with Gasteiger partial charge in [-0.25, -0.2) is 9.18 Å². The molecule has 1 fully saturated rings. The standard InChI is InChI=1S/C12H11BrFNO4/c13-8-5-7(1-2-9(8)14)11(16)15-3-4-19-10(6-15)12(17)18/h1-2,5,10H,3-4,6H2,(H,17,18). The number of aliphatic carboxylic acids is 1. The molecule has 1 heterocycles. The smallest absolute Gasteiger partial charge is 0.334 e. The van der Waals surface area contributed by atoms with E-state index in [-0.39, 0.29) is 23.5 Å². The van der Waals surface area contributed by atoms with Crippen LogP contribution in [0.3, 0.4) is 0 Å². The fourth-order valence-electron chi connectivity index (χ4n) is 1.79. The van der Waals surface area contributed by atoms with Gasteiger partial charge in [0.1, 0.15) is 5.82 Å². The Labute approximate surface area is 117 Å². The van der Waals surface area contributed by atoms with E-state index in [4.69, 9.17) is 9.84 Å². The van der Waals surface area contributed by atoms with Crippen LogP contribution in [0.2, 0.25) is 0 Å². The summed E-state index contributed by atoms with van der Waals surface area (Å²) in [6.07, 6.45) is -1.01. The van der Waals surface area contributed by atoms with E-state index >= 15 is 0 Å². The normalized spacial score (nSPS) is 19.3. The minimum Gasteiger partial charge on any atom is -0.479 e. The Hall–Kier alpha value is -1.47. The van der Waals surface area contributed by atoms with Gasteiger partial charge in [0.15, 0.2) is 6.10 Å². The summed E-state index contributed by atoms with van der Waals surface area (Å²) in [5.74, 6) is -1.89. The molecular formula is C12H11BrFNO4. The van der Waals surface area contributed by atoms with Crippen LogP contribution < -0.4 is 0 Å². The molecular weight excluding hydrogens is 321 g/mol. The summed E-state index contributed by atoms with van der Waals surface area (Å²) in [4.78, 5) is 24.4. The molecule has 1 aliphatic rings. The first kappa shape index (κ1) is 14.0. The van der Waals surface area contributed by atoms with Crippen LogP contribution in [0.25, 0.3) is 0 Å². The van der Waals surface area contributed by atoms with Gasteiger partial charge in [0, 0.05) is 12.1 Å².